The molecule has 4 heterocycles. The Bertz CT molecular complexity index is 1230. The second-order valence-corrected chi connectivity index (χ2v) is 11.3. The van der Waals surface area contributed by atoms with E-state index < -0.39 is 0 Å². The van der Waals surface area contributed by atoms with E-state index in [9.17, 15) is 4.79 Å². The Morgan fingerprint density at radius 1 is 1.00 bits per heavy atom. The molecule has 5 rings (SSSR count). The zero-order valence-electron chi connectivity index (χ0n) is 22.9. The van der Waals surface area contributed by atoms with Gasteiger partial charge in [-0.25, -0.2) is 9.31 Å². The lowest BCUT2D eigenvalue weighted by Crippen LogP contribution is -2.58. The van der Waals surface area contributed by atoms with Crippen LogP contribution in [0.1, 0.15) is 40.2 Å². The van der Waals surface area contributed by atoms with Crippen molar-refractivity contribution in [1.82, 2.24) is 30.0 Å². The lowest BCUT2D eigenvalue weighted by atomic mass is 9.88. The molecule has 0 saturated carbocycles. The zero-order valence-corrected chi connectivity index (χ0v) is 22.9. The van der Waals surface area contributed by atoms with E-state index in [1.807, 2.05) is 29.5 Å². The number of carbonyl (C=O) groups is 1. The quantitative estimate of drug-likeness (QED) is 0.555. The first-order valence-corrected chi connectivity index (χ1v) is 13.6. The number of hydrogen-bond donors (Lipinski definition) is 2. The van der Waals surface area contributed by atoms with Crippen molar-refractivity contribution in [3.05, 3.63) is 54.4 Å². The Hall–Kier alpha value is -3.10. The monoisotopic (exact) mass is 503 g/mol. The van der Waals surface area contributed by atoms with Gasteiger partial charge in [0, 0.05) is 75.9 Å². The molecule has 2 aliphatic heterocycles. The summed E-state index contributed by atoms with van der Waals surface area (Å²) >= 11 is 0. The van der Waals surface area contributed by atoms with Crippen molar-refractivity contribution in [2.75, 3.05) is 50.7 Å². The van der Waals surface area contributed by atoms with E-state index in [1.165, 1.54) is 11.1 Å². The van der Waals surface area contributed by atoms with Gasteiger partial charge in [0.1, 0.15) is 0 Å². The number of rotatable bonds is 5. The SMILES string of the molecule is CC(C)NC(=O)N1CCN(c2ccnn3cc(-c4ccc([C@]5(C)CN(C(C)C)CCN5)cc4)cc23)CC1. The molecule has 2 amide bonds. The van der Waals surface area contributed by atoms with Gasteiger partial charge in [0.25, 0.3) is 0 Å². The Morgan fingerprint density at radius 3 is 2.41 bits per heavy atom. The highest BCUT2D eigenvalue weighted by Gasteiger charge is 2.33. The first-order chi connectivity index (χ1) is 17.7. The summed E-state index contributed by atoms with van der Waals surface area (Å²) in [6.45, 7) is 17.0. The predicted octanol–water partition coefficient (Wildman–Crippen LogP) is 3.77. The third-order valence-electron chi connectivity index (χ3n) is 7.83. The molecular weight excluding hydrogens is 462 g/mol. The number of amides is 2. The predicted molar refractivity (Wildman–Crippen MR) is 150 cm³/mol. The fraction of sp³-hybridized carbons (Fsp3) is 0.517. The topological polar surface area (TPSA) is 68.2 Å². The molecule has 198 valence electrons. The van der Waals surface area contributed by atoms with Crippen molar-refractivity contribution in [2.45, 2.75) is 52.2 Å². The maximum absolute atomic E-state index is 12.4. The number of piperazine rings is 2. The average Bonchev–Trinajstić information content (AvgIpc) is 3.33. The van der Waals surface area contributed by atoms with E-state index in [0.29, 0.717) is 19.1 Å². The highest BCUT2D eigenvalue weighted by Crippen LogP contribution is 2.31. The van der Waals surface area contributed by atoms with E-state index in [0.717, 1.165) is 49.5 Å². The van der Waals surface area contributed by atoms with Crippen LogP contribution in [-0.2, 0) is 5.54 Å². The number of hydrogen-bond acceptors (Lipinski definition) is 5. The number of carbonyl (C=O) groups excluding carboxylic acids is 1. The molecule has 2 fully saturated rings. The van der Waals surface area contributed by atoms with Gasteiger partial charge in [0.15, 0.2) is 0 Å². The molecule has 0 bridgehead atoms. The minimum atomic E-state index is -0.0462. The molecular formula is C29H41N7O. The van der Waals surface area contributed by atoms with Crippen molar-refractivity contribution >= 4 is 17.2 Å². The molecule has 37 heavy (non-hydrogen) atoms. The number of anilines is 1. The van der Waals surface area contributed by atoms with Crippen molar-refractivity contribution in [2.24, 2.45) is 0 Å². The summed E-state index contributed by atoms with van der Waals surface area (Å²) in [5, 5.41) is 11.3. The number of nitrogens with one attached hydrogen (secondary N) is 2. The summed E-state index contributed by atoms with van der Waals surface area (Å²) in [6.07, 6.45) is 3.98. The van der Waals surface area contributed by atoms with Crippen molar-refractivity contribution in [3.63, 3.8) is 0 Å². The molecule has 0 aliphatic carbocycles. The van der Waals surface area contributed by atoms with Crippen LogP contribution in [0.25, 0.3) is 16.6 Å². The van der Waals surface area contributed by atoms with Gasteiger partial charge < -0.3 is 20.4 Å². The first-order valence-electron chi connectivity index (χ1n) is 13.6. The maximum Gasteiger partial charge on any atom is 0.317 e. The summed E-state index contributed by atoms with van der Waals surface area (Å²) in [6, 6.07) is 14.0. The second kappa shape index (κ2) is 10.3. The van der Waals surface area contributed by atoms with Crippen LogP contribution >= 0.6 is 0 Å². The largest absolute Gasteiger partial charge is 0.366 e. The summed E-state index contributed by atoms with van der Waals surface area (Å²) in [5.74, 6) is 0. The van der Waals surface area contributed by atoms with Gasteiger partial charge in [-0.3, -0.25) is 4.90 Å². The number of fused-ring (bicyclic) bond motifs is 1. The van der Waals surface area contributed by atoms with Crippen LogP contribution in [0, 0.1) is 0 Å². The maximum atomic E-state index is 12.4. The average molecular weight is 504 g/mol. The normalized spacial score (nSPS) is 21.3. The number of aromatic nitrogens is 2. The molecule has 0 unspecified atom stereocenters. The molecule has 2 saturated heterocycles. The highest BCUT2D eigenvalue weighted by molar-refractivity contribution is 5.80. The van der Waals surface area contributed by atoms with Gasteiger partial charge in [-0.2, -0.15) is 5.10 Å². The van der Waals surface area contributed by atoms with Crippen molar-refractivity contribution in [1.29, 1.82) is 0 Å². The van der Waals surface area contributed by atoms with Gasteiger partial charge >= 0.3 is 6.03 Å². The van der Waals surface area contributed by atoms with Gasteiger partial charge in [-0.15, -0.1) is 0 Å². The van der Waals surface area contributed by atoms with Crippen LogP contribution in [0.15, 0.2) is 48.8 Å². The van der Waals surface area contributed by atoms with Crippen LogP contribution in [0.3, 0.4) is 0 Å². The lowest BCUT2D eigenvalue weighted by Gasteiger charge is -2.43. The van der Waals surface area contributed by atoms with E-state index in [-0.39, 0.29) is 17.6 Å². The van der Waals surface area contributed by atoms with Gasteiger partial charge in [-0.1, -0.05) is 24.3 Å². The van der Waals surface area contributed by atoms with E-state index in [2.05, 4.69) is 88.9 Å². The summed E-state index contributed by atoms with van der Waals surface area (Å²) < 4.78 is 1.97. The minimum absolute atomic E-state index is 0.0251. The Morgan fingerprint density at radius 2 is 1.73 bits per heavy atom. The van der Waals surface area contributed by atoms with Crippen molar-refractivity contribution < 1.29 is 4.79 Å². The van der Waals surface area contributed by atoms with Crippen LogP contribution < -0.4 is 15.5 Å². The molecule has 8 nitrogen and oxygen atoms in total. The standard InChI is InChI=1S/C29H41N7O/c1-21(2)32-28(37)34-16-14-33(15-17-34)26-10-11-31-36-19-24(18-27(26)36)23-6-8-25(9-7-23)29(5)20-35(22(3)4)13-12-30-29/h6-11,18-19,21-22,30H,12-17,20H2,1-5H3,(H,32,37)/t29-/m0/s1. The number of benzene rings is 1. The number of urea groups is 1. The van der Waals surface area contributed by atoms with E-state index in [4.69, 9.17) is 0 Å². The van der Waals surface area contributed by atoms with Gasteiger partial charge in [-0.05, 0) is 57.9 Å². The van der Waals surface area contributed by atoms with Gasteiger partial charge in [0.05, 0.1) is 16.7 Å². The van der Waals surface area contributed by atoms with Crippen LogP contribution in [-0.4, -0.2) is 83.3 Å². The first kappa shape index (κ1) is 25.5. The highest BCUT2D eigenvalue weighted by atomic mass is 16.2. The minimum Gasteiger partial charge on any atom is -0.366 e. The molecule has 2 N–H and O–H groups in total. The molecule has 3 aromatic rings. The van der Waals surface area contributed by atoms with Crippen LogP contribution in [0.4, 0.5) is 10.5 Å². The zero-order chi connectivity index (χ0) is 26.2. The molecule has 2 aliphatic rings. The van der Waals surface area contributed by atoms with Crippen LogP contribution in [0.2, 0.25) is 0 Å². The Labute approximate surface area is 220 Å². The Balaban J connectivity index is 1.33. The fourth-order valence-electron chi connectivity index (χ4n) is 5.60. The molecule has 8 heteroatoms. The fourth-order valence-corrected chi connectivity index (χ4v) is 5.60. The van der Waals surface area contributed by atoms with Crippen LogP contribution in [0.5, 0.6) is 0 Å². The van der Waals surface area contributed by atoms with Crippen molar-refractivity contribution in [3.8, 4) is 11.1 Å². The third kappa shape index (κ3) is 5.31. The molecule has 2 aromatic heterocycles. The number of nitrogens with zero attached hydrogens (tertiary/aromatic N) is 5. The summed E-state index contributed by atoms with van der Waals surface area (Å²) in [7, 11) is 0. The third-order valence-corrected chi connectivity index (χ3v) is 7.83. The van der Waals surface area contributed by atoms with E-state index in [1.54, 1.807) is 0 Å². The molecule has 1 atom stereocenters. The second-order valence-electron chi connectivity index (χ2n) is 11.3. The molecule has 1 aromatic carbocycles. The molecule has 0 radical (unpaired) electrons. The summed E-state index contributed by atoms with van der Waals surface area (Å²) in [4.78, 5) is 19.2. The lowest BCUT2D eigenvalue weighted by molar-refractivity contribution is 0.114. The summed E-state index contributed by atoms with van der Waals surface area (Å²) in [5.41, 5.74) is 5.88. The van der Waals surface area contributed by atoms with Gasteiger partial charge in [0.2, 0.25) is 0 Å². The Kier molecular flexibility index (Phi) is 7.14. The smallest absolute Gasteiger partial charge is 0.317 e. The van der Waals surface area contributed by atoms with E-state index >= 15 is 0 Å². The molecule has 0 spiro atoms.